The van der Waals surface area contributed by atoms with Gasteiger partial charge < -0.3 is 19.1 Å². The zero-order chi connectivity index (χ0) is 21.8. The molecule has 3 aromatic heterocycles. The lowest BCUT2D eigenvalue weighted by Gasteiger charge is -2.35. The maximum Gasteiger partial charge on any atom is 0.258 e. The fourth-order valence-electron chi connectivity index (χ4n) is 4.16. The first-order valence-corrected chi connectivity index (χ1v) is 10.5. The first-order valence-electron chi connectivity index (χ1n) is 10.5. The highest BCUT2D eigenvalue weighted by atomic mass is 19.1. The quantitative estimate of drug-likeness (QED) is 0.637. The number of piperazine rings is 1. The number of rotatable bonds is 4. The van der Waals surface area contributed by atoms with E-state index in [2.05, 4.69) is 31.7 Å². The summed E-state index contributed by atoms with van der Waals surface area (Å²) >= 11 is 0. The average Bonchev–Trinajstić information content (AvgIpc) is 3.44. The zero-order valence-electron chi connectivity index (χ0n) is 17.9. The minimum absolute atomic E-state index is 0.0561. The SMILES string of the molecule is Cc1oc2ncnc(N(C)C3(C)CC3)c2c1C(=O)N1CCN(c2ccc(F)cn2)CC1. The summed E-state index contributed by atoms with van der Waals surface area (Å²) in [6.45, 7) is 6.33. The molecule has 4 heterocycles. The number of aryl methyl sites for hydroxylation is 1. The van der Waals surface area contributed by atoms with Gasteiger partial charge in [0.15, 0.2) is 0 Å². The number of fused-ring (bicyclic) bond motifs is 1. The van der Waals surface area contributed by atoms with E-state index in [-0.39, 0.29) is 17.3 Å². The van der Waals surface area contributed by atoms with Crippen LogP contribution in [0.5, 0.6) is 0 Å². The maximum absolute atomic E-state index is 13.5. The van der Waals surface area contributed by atoms with E-state index in [1.165, 1.54) is 18.6 Å². The van der Waals surface area contributed by atoms with Gasteiger partial charge in [0.25, 0.3) is 5.91 Å². The number of hydrogen-bond donors (Lipinski definition) is 0. The highest BCUT2D eigenvalue weighted by molar-refractivity contribution is 6.10. The Hall–Kier alpha value is -3.23. The van der Waals surface area contributed by atoms with Gasteiger partial charge in [-0.25, -0.2) is 19.3 Å². The Balaban J connectivity index is 1.41. The average molecular weight is 424 g/mol. The molecule has 0 unspecified atom stereocenters. The maximum atomic E-state index is 13.5. The van der Waals surface area contributed by atoms with Crippen molar-refractivity contribution < 1.29 is 13.6 Å². The van der Waals surface area contributed by atoms with Gasteiger partial charge in [-0.05, 0) is 38.8 Å². The molecule has 1 saturated carbocycles. The van der Waals surface area contributed by atoms with E-state index >= 15 is 0 Å². The van der Waals surface area contributed by atoms with E-state index in [1.54, 1.807) is 13.0 Å². The number of amides is 1. The number of furan rings is 1. The van der Waals surface area contributed by atoms with Crippen LogP contribution in [-0.2, 0) is 0 Å². The Labute approximate surface area is 179 Å². The van der Waals surface area contributed by atoms with Crippen LogP contribution in [0.2, 0.25) is 0 Å². The Morgan fingerprint density at radius 3 is 2.55 bits per heavy atom. The largest absolute Gasteiger partial charge is 0.442 e. The molecule has 8 nitrogen and oxygen atoms in total. The number of hydrogen-bond acceptors (Lipinski definition) is 7. The molecule has 1 aliphatic heterocycles. The molecular formula is C22H25FN6O2. The van der Waals surface area contributed by atoms with Gasteiger partial charge >= 0.3 is 0 Å². The van der Waals surface area contributed by atoms with Crippen LogP contribution in [-0.4, -0.2) is 64.5 Å². The second-order valence-corrected chi connectivity index (χ2v) is 8.58. The molecule has 2 fully saturated rings. The van der Waals surface area contributed by atoms with Crippen LogP contribution in [0.1, 0.15) is 35.9 Å². The van der Waals surface area contributed by atoms with Gasteiger partial charge in [0, 0.05) is 38.8 Å². The third kappa shape index (κ3) is 3.37. The van der Waals surface area contributed by atoms with Crippen LogP contribution in [0.25, 0.3) is 11.1 Å². The van der Waals surface area contributed by atoms with E-state index < -0.39 is 0 Å². The van der Waals surface area contributed by atoms with Crippen molar-refractivity contribution in [3.05, 3.63) is 41.8 Å². The van der Waals surface area contributed by atoms with Crippen LogP contribution in [0, 0.1) is 12.7 Å². The molecule has 0 spiro atoms. The normalized spacial score (nSPS) is 17.8. The van der Waals surface area contributed by atoms with E-state index in [4.69, 9.17) is 4.42 Å². The highest BCUT2D eigenvalue weighted by Crippen LogP contribution is 2.44. The summed E-state index contributed by atoms with van der Waals surface area (Å²) < 4.78 is 19.0. The van der Waals surface area contributed by atoms with Crippen molar-refractivity contribution in [2.24, 2.45) is 0 Å². The smallest absolute Gasteiger partial charge is 0.258 e. The van der Waals surface area contributed by atoms with Gasteiger partial charge in [0.2, 0.25) is 5.71 Å². The summed E-state index contributed by atoms with van der Waals surface area (Å²) in [4.78, 5) is 32.5. The molecule has 0 N–H and O–H groups in total. The summed E-state index contributed by atoms with van der Waals surface area (Å²) in [6.07, 6.45) is 4.89. The Morgan fingerprint density at radius 1 is 1.16 bits per heavy atom. The summed E-state index contributed by atoms with van der Waals surface area (Å²) in [7, 11) is 2.01. The van der Waals surface area contributed by atoms with Gasteiger partial charge in [0.1, 0.15) is 29.5 Å². The lowest BCUT2D eigenvalue weighted by atomic mass is 10.1. The number of nitrogens with zero attached hydrogens (tertiary/aromatic N) is 6. The van der Waals surface area contributed by atoms with Crippen LogP contribution in [0.4, 0.5) is 16.0 Å². The second kappa shape index (κ2) is 7.18. The van der Waals surface area contributed by atoms with Gasteiger partial charge in [-0.15, -0.1) is 0 Å². The molecule has 0 bridgehead atoms. The zero-order valence-corrected chi connectivity index (χ0v) is 17.9. The van der Waals surface area contributed by atoms with Crippen molar-refractivity contribution in [3.8, 4) is 0 Å². The molecule has 0 radical (unpaired) electrons. The Kier molecular flexibility index (Phi) is 4.56. The number of pyridine rings is 1. The van der Waals surface area contributed by atoms with E-state index in [9.17, 15) is 9.18 Å². The number of halogens is 1. The molecule has 1 amide bonds. The minimum atomic E-state index is -0.358. The van der Waals surface area contributed by atoms with Gasteiger partial charge in [0.05, 0.1) is 17.1 Å². The third-order valence-electron chi connectivity index (χ3n) is 6.56. The van der Waals surface area contributed by atoms with Crippen molar-refractivity contribution in [1.82, 2.24) is 19.9 Å². The Bertz CT molecular complexity index is 1130. The van der Waals surface area contributed by atoms with Crippen molar-refractivity contribution in [2.75, 3.05) is 43.0 Å². The number of anilines is 2. The van der Waals surface area contributed by atoms with Crippen molar-refractivity contribution >= 4 is 28.6 Å². The highest BCUT2D eigenvalue weighted by Gasteiger charge is 2.43. The van der Waals surface area contributed by atoms with Gasteiger partial charge in [-0.1, -0.05) is 0 Å². The monoisotopic (exact) mass is 424 g/mol. The fourth-order valence-corrected chi connectivity index (χ4v) is 4.16. The predicted molar refractivity (Wildman–Crippen MR) is 115 cm³/mol. The second-order valence-electron chi connectivity index (χ2n) is 8.58. The van der Waals surface area contributed by atoms with Crippen LogP contribution >= 0.6 is 0 Å². The van der Waals surface area contributed by atoms with E-state index in [1.807, 2.05) is 11.9 Å². The van der Waals surface area contributed by atoms with Gasteiger partial charge in [-0.2, -0.15) is 0 Å². The lowest BCUT2D eigenvalue weighted by molar-refractivity contribution is 0.0746. The van der Waals surface area contributed by atoms with Crippen LogP contribution in [0.15, 0.2) is 29.1 Å². The molecule has 2 aliphatic rings. The topological polar surface area (TPSA) is 78.6 Å². The molecule has 31 heavy (non-hydrogen) atoms. The van der Waals surface area contributed by atoms with Crippen molar-refractivity contribution in [3.63, 3.8) is 0 Å². The number of carbonyl (C=O) groups excluding carboxylic acids is 1. The minimum Gasteiger partial charge on any atom is -0.442 e. The molecule has 0 atom stereocenters. The summed E-state index contributed by atoms with van der Waals surface area (Å²) in [5, 5.41) is 0.684. The molecule has 1 aliphatic carbocycles. The standard InChI is InChI=1S/C22H25FN6O2/c1-14-17(18-19(25-13-26-20(18)31-14)27(3)22(2)6-7-22)21(30)29-10-8-28(9-11-29)16-5-4-15(23)12-24-16/h4-5,12-13H,6-11H2,1-3H3. The lowest BCUT2D eigenvalue weighted by Crippen LogP contribution is -2.49. The number of carbonyl (C=O) groups is 1. The molecule has 9 heteroatoms. The third-order valence-corrected chi connectivity index (χ3v) is 6.56. The summed E-state index contributed by atoms with van der Waals surface area (Å²) in [5.74, 6) is 1.57. The summed E-state index contributed by atoms with van der Waals surface area (Å²) in [6, 6.07) is 3.07. The van der Waals surface area contributed by atoms with Crippen molar-refractivity contribution in [2.45, 2.75) is 32.2 Å². The Morgan fingerprint density at radius 2 is 1.90 bits per heavy atom. The molecular weight excluding hydrogens is 399 g/mol. The van der Waals surface area contributed by atoms with E-state index in [0.29, 0.717) is 54.4 Å². The van der Waals surface area contributed by atoms with Crippen molar-refractivity contribution in [1.29, 1.82) is 0 Å². The number of aromatic nitrogens is 3. The first kappa shape index (κ1) is 19.7. The van der Waals surface area contributed by atoms with Crippen LogP contribution < -0.4 is 9.80 Å². The molecule has 5 rings (SSSR count). The predicted octanol–water partition coefficient (Wildman–Crippen LogP) is 3.02. The van der Waals surface area contributed by atoms with Gasteiger partial charge in [-0.3, -0.25) is 4.79 Å². The van der Waals surface area contributed by atoms with Crippen LogP contribution in [0.3, 0.4) is 0 Å². The molecule has 0 aromatic carbocycles. The molecule has 3 aromatic rings. The summed E-state index contributed by atoms with van der Waals surface area (Å²) in [5.41, 5.74) is 1.03. The molecule has 1 saturated heterocycles. The van der Waals surface area contributed by atoms with E-state index in [0.717, 1.165) is 18.7 Å². The molecule has 162 valence electrons. The first-order chi connectivity index (χ1) is 14.9. The fraction of sp³-hybridized carbons (Fsp3) is 0.455.